The number of hydrogen-bond donors (Lipinski definition) is 2. The fraction of sp³-hybridized carbons (Fsp3) is 0.444. The Morgan fingerprint density at radius 3 is 2.83 bits per heavy atom. The zero-order valence-electron chi connectivity index (χ0n) is 7.41. The monoisotopic (exact) mass is 166 g/mol. The van der Waals surface area contributed by atoms with Crippen LogP contribution in [0, 0.1) is 6.92 Å². The van der Waals surface area contributed by atoms with Crippen molar-refractivity contribution in [1.82, 2.24) is 4.98 Å². The summed E-state index contributed by atoms with van der Waals surface area (Å²) in [6.07, 6.45) is 1.70. The van der Waals surface area contributed by atoms with Gasteiger partial charge >= 0.3 is 0 Å². The van der Waals surface area contributed by atoms with E-state index in [1.54, 1.807) is 13.1 Å². The van der Waals surface area contributed by atoms with Crippen LogP contribution in [0.3, 0.4) is 0 Å². The minimum absolute atomic E-state index is 0.0938. The van der Waals surface area contributed by atoms with Gasteiger partial charge in [-0.3, -0.25) is 4.98 Å². The zero-order valence-corrected chi connectivity index (χ0v) is 7.41. The van der Waals surface area contributed by atoms with E-state index >= 15 is 0 Å². The maximum Gasteiger partial charge on any atom is 0.0789 e. The van der Waals surface area contributed by atoms with E-state index < -0.39 is 5.54 Å². The summed E-state index contributed by atoms with van der Waals surface area (Å²) in [4.78, 5) is 4.10. The van der Waals surface area contributed by atoms with Crippen LogP contribution >= 0.6 is 0 Å². The molecule has 0 aliphatic heterocycles. The summed E-state index contributed by atoms with van der Waals surface area (Å²) in [6, 6.07) is 3.78. The van der Waals surface area contributed by atoms with Gasteiger partial charge in [-0.1, -0.05) is 0 Å². The van der Waals surface area contributed by atoms with Gasteiger partial charge in [-0.2, -0.15) is 0 Å². The number of rotatable bonds is 2. The highest BCUT2D eigenvalue weighted by Gasteiger charge is 2.21. The lowest BCUT2D eigenvalue weighted by Gasteiger charge is -2.20. The van der Waals surface area contributed by atoms with Crippen LogP contribution < -0.4 is 5.73 Å². The van der Waals surface area contributed by atoms with Crippen molar-refractivity contribution >= 4 is 0 Å². The molecular weight excluding hydrogens is 152 g/mol. The molecular formula is C9H14N2O. The lowest BCUT2D eigenvalue weighted by Crippen LogP contribution is -2.37. The Labute approximate surface area is 72.2 Å². The third-order valence-electron chi connectivity index (χ3n) is 1.83. The molecule has 0 aliphatic rings. The fourth-order valence-electron chi connectivity index (χ4n) is 0.929. The molecule has 0 aromatic carbocycles. The first-order chi connectivity index (χ1) is 5.56. The van der Waals surface area contributed by atoms with Crippen molar-refractivity contribution in [3.63, 3.8) is 0 Å². The number of aliphatic hydroxyl groups is 1. The number of nitrogens with two attached hydrogens (primary N) is 1. The molecule has 3 nitrogen and oxygen atoms in total. The SMILES string of the molecule is Cc1ccnc([C@](C)(N)CO)c1. The normalized spacial score (nSPS) is 15.7. The maximum atomic E-state index is 8.97. The first-order valence-corrected chi connectivity index (χ1v) is 3.89. The molecule has 0 bridgehead atoms. The fourth-order valence-corrected chi connectivity index (χ4v) is 0.929. The summed E-state index contributed by atoms with van der Waals surface area (Å²) >= 11 is 0. The molecule has 0 aliphatic carbocycles. The molecule has 0 saturated heterocycles. The smallest absolute Gasteiger partial charge is 0.0789 e. The first kappa shape index (κ1) is 9.16. The predicted molar refractivity (Wildman–Crippen MR) is 47.6 cm³/mol. The molecule has 0 radical (unpaired) electrons. The molecule has 1 heterocycles. The third kappa shape index (κ3) is 1.81. The minimum atomic E-state index is -0.730. The maximum absolute atomic E-state index is 8.97. The second kappa shape index (κ2) is 3.21. The standard InChI is InChI=1S/C9H14N2O/c1-7-3-4-11-8(5-7)9(2,10)6-12/h3-5,12H,6,10H2,1-2H3/t9-/m1/s1. The van der Waals surface area contributed by atoms with Gasteiger partial charge in [0.25, 0.3) is 0 Å². The second-order valence-electron chi connectivity index (χ2n) is 3.29. The van der Waals surface area contributed by atoms with Crippen molar-refractivity contribution in [2.75, 3.05) is 6.61 Å². The minimum Gasteiger partial charge on any atom is -0.394 e. The largest absolute Gasteiger partial charge is 0.394 e. The Kier molecular flexibility index (Phi) is 2.45. The molecule has 66 valence electrons. The highest BCUT2D eigenvalue weighted by molar-refractivity contribution is 5.20. The predicted octanol–water partition coefficient (Wildman–Crippen LogP) is 0.556. The lowest BCUT2D eigenvalue weighted by molar-refractivity contribution is 0.206. The molecule has 0 spiro atoms. The zero-order chi connectivity index (χ0) is 9.19. The van der Waals surface area contributed by atoms with Crippen LogP contribution in [0.4, 0.5) is 0 Å². The summed E-state index contributed by atoms with van der Waals surface area (Å²) in [5.41, 5.74) is 6.89. The number of nitrogens with zero attached hydrogens (tertiary/aromatic N) is 1. The van der Waals surface area contributed by atoms with E-state index in [-0.39, 0.29) is 6.61 Å². The number of aliphatic hydroxyl groups excluding tert-OH is 1. The van der Waals surface area contributed by atoms with Gasteiger partial charge in [0.2, 0.25) is 0 Å². The summed E-state index contributed by atoms with van der Waals surface area (Å²) in [5, 5.41) is 8.97. The number of pyridine rings is 1. The van der Waals surface area contributed by atoms with Gasteiger partial charge in [-0.15, -0.1) is 0 Å². The van der Waals surface area contributed by atoms with Crippen LogP contribution in [0.25, 0.3) is 0 Å². The molecule has 0 unspecified atom stereocenters. The molecule has 3 heteroatoms. The Hall–Kier alpha value is -0.930. The Bertz CT molecular complexity index is 271. The van der Waals surface area contributed by atoms with Crippen LogP contribution in [-0.2, 0) is 5.54 Å². The summed E-state index contributed by atoms with van der Waals surface area (Å²) < 4.78 is 0. The topological polar surface area (TPSA) is 59.1 Å². The Balaban J connectivity index is 3.03. The molecule has 12 heavy (non-hydrogen) atoms. The van der Waals surface area contributed by atoms with Crippen LogP contribution in [0.5, 0.6) is 0 Å². The van der Waals surface area contributed by atoms with Crippen molar-refractivity contribution in [2.45, 2.75) is 19.4 Å². The summed E-state index contributed by atoms with van der Waals surface area (Å²) in [5.74, 6) is 0. The van der Waals surface area contributed by atoms with Crippen LogP contribution in [-0.4, -0.2) is 16.7 Å². The van der Waals surface area contributed by atoms with E-state index in [0.717, 1.165) is 11.3 Å². The number of aromatic nitrogens is 1. The van der Waals surface area contributed by atoms with Gasteiger partial charge in [0.1, 0.15) is 0 Å². The average Bonchev–Trinajstić information content (AvgIpc) is 2.05. The van der Waals surface area contributed by atoms with Crippen LogP contribution in [0.2, 0.25) is 0 Å². The van der Waals surface area contributed by atoms with E-state index in [9.17, 15) is 0 Å². The van der Waals surface area contributed by atoms with Crippen LogP contribution in [0.1, 0.15) is 18.2 Å². The first-order valence-electron chi connectivity index (χ1n) is 3.89. The summed E-state index contributed by atoms with van der Waals surface area (Å²) in [6.45, 7) is 3.64. The van der Waals surface area contributed by atoms with Gasteiger partial charge < -0.3 is 10.8 Å². The molecule has 1 aromatic rings. The molecule has 3 N–H and O–H groups in total. The van der Waals surface area contributed by atoms with Crippen molar-refractivity contribution in [3.05, 3.63) is 29.6 Å². The van der Waals surface area contributed by atoms with Gasteiger partial charge in [0.05, 0.1) is 17.8 Å². The van der Waals surface area contributed by atoms with E-state index in [2.05, 4.69) is 4.98 Å². The van der Waals surface area contributed by atoms with Crippen molar-refractivity contribution in [2.24, 2.45) is 5.73 Å². The van der Waals surface area contributed by atoms with Gasteiger partial charge in [0.15, 0.2) is 0 Å². The Morgan fingerprint density at radius 2 is 2.33 bits per heavy atom. The van der Waals surface area contributed by atoms with Gasteiger partial charge in [-0.25, -0.2) is 0 Å². The van der Waals surface area contributed by atoms with Gasteiger partial charge in [-0.05, 0) is 31.5 Å². The second-order valence-corrected chi connectivity index (χ2v) is 3.29. The molecule has 0 fully saturated rings. The quantitative estimate of drug-likeness (QED) is 0.674. The van der Waals surface area contributed by atoms with E-state index in [1.807, 2.05) is 19.1 Å². The third-order valence-corrected chi connectivity index (χ3v) is 1.83. The Morgan fingerprint density at radius 1 is 1.67 bits per heavy atom. The highest BCUT2D eigenvalue weighted by Crippen LogP contribution is 2.14. The highest BCUT2D eigenvalue weighted by atomic mass is 16.3. The molecule has 1 rings (SSSR count). The molecule has 1 atom stereocenters. The van der Waals surface area contributed by atoms with E-state index in [1.165, 1.54) is 0 Å². The average molecular weight is 166 g/mol. The van der Waals surface area contributed by atoms with Crippen molar-refractivity contribution < 1.29 is 5.11 Å². The molecule has 1 aromatic heterocycles. The van der Waals surface area contributed by atoms with E-state index in [0.29, 0.717) is 0 Å². The lowest BCUT2D eigenvalue weighted by atomic mass is 9.99. The summed E-state index contributed by atoms with van der Waals surface area (Å²) in [7, 11) is 0. The number of aryl methyl sites for hydroxylation is 1. The van der Waals surface area contributed by atoms with Crippen LogP contribution in [0.15, 0.2) is 18.3 Å². The number of hydrogen-bond acceptors (Lipinski definition) is 3. The van der Waals surface area contributed by atoms with Crippen molar-refractivity contribution in [3.8, 4) is 0 Å². The van der Waals surface area contributed by atoms with Crippen molar-refractivity contribution in [1.29, 1.82) is 0 Å². The molecule has 0 saturated carbocycles. The van der Waals surface area contributed by atoms with Gasteiger partial charge in [0, 0.05) is 6.20 Å². The van der Waals surface area contributed by atoms with E-state index in [4.69, 9.17) is 10.8 Å². The molecule has 0 amide bonds.